The van der Waals surface area contributed by atoms with E-state index in [-0.39, 0.29) is 19.9 Å². The summed E-state index contributed by atoms with van der Waals surface area (Å²) in [4.78, 5) is 24.6. The summed E-state index contributed by atoms with van der Waals surface area (Å²) in [5.41, 5.74) is -0.628. The molecule has 7 nitrogen and oxygen atoms in total. The van der Waals surface area contributed by atoms with Crippen LogP contribution in [0.4, 0.5) is 0 Å². The molecule has 1 aromatic carbocycles. The Kier molecular flexibility index (Phi) is 3.69. The van der Waals surface area contributed by atoms with Gasteiger partial charge in [0.2, 0.25) is 6.79 Å². The van der Waals surface area contributed by atoms with Gasteiger partial charge >= 0.3 is 5.97 Å². The molecule has 2 aromatic rings. The first-order chi connectivity index (χ1) is 11.1. The van der Waals surface area contributed by atoms with Gasteiger partial charge in [-0.3, -0.25) is 4.79 Å². The Morgan fingerprint density at radius 1 is 1.43 bits per heavy atom. The fraction of sp³-hybridized carbons (Fsp3) is 0.250. The molecule has 3 rings (SSSR count). The van der Waals surface area contributed by atoms with Crippen LogP contribution in [-0.2, 0) is 11.3 Å². The first-order valence-corrected chi connectivity index (χ1v) is 7.05. The van der Waals surface area contributed by atoms with E-state index in [0.29, 0.717) is 22.4 Å². The summed E-state index contributed by atoms with van der Waals surface area (Å²) in [6.07, 6.45) is 1.53. The van der Waals surface area contributed by atoms with Crippen molar-refractivity contribution in [2.75, 3.05) is 13.4 Å². The highest BCUT2D eigenvalue weighted by molar-refractivity contribution is 6.00. The second kappa shape index (κ2) is 5.68. The summed E-state index contributed by atoms with van der Waals surface area (Å²) in [5.74, 6) is -0.390. The fourth-order valence-corrected chi connectivity index (χ4v) is 2.52. The minimum atomic E-state index is -0.868. The number of carbonyl (C=O) groups is 1. The molecule has 0 saturated heterocycles. The maximum Gasteiger partial charge on any atom is 0.347 e. The third-order valence-corrected chi connectivity index (χ3v) is 3.52. The number of hydrogen-bond donors (Lipinski definition) is 1. The van der Waals surface area contributed by atoms with Gasteiger partial charge in [0, 0.05) is 18.0 Å². The number of nitrogens with zero attached hydrogens (tertiary/aromatic N) is 1. The number of hydrogen-bond acceptors (Lipinski definition) is 6. The Labute approximate surface area is 131 Å². The molecule has 0 radical (unpaired) electrons. The van der Waals surface area contributed by atoms with Gasteiger partial charge in [0.15, 0.2) is 17.1 Å². The molecule has 0 aliphatic carbocycles. The lowest BCUT2D eigenvalue weighted by molar-refractivity contribution is 0.0520. The normalized spacial score (nSPS) is 12.4. The zero-order valence-corrected chi connectivity index (χ0v) is 12.5. The maximum atomic E-state index is 12.6. The van der Waals surface area contributed by atoms with Crippen LogP contribution in [0.5, 0.6) is 17.2 Å². The number of fused-ring (bicyclic) bond motifs is 2. The van der Waals surface area contributed by atoms with Gasteiger partial charge in [-0.25, -0.2) is 4.79 Å². The van der Waals surface area contributed by atoms with E-state index in [0.717, 1.165) is 0 Å². The largest absolute Gasteiger partial charge is 0.506 e. The molecule has 0 amide bonds. The number of ether oxygens (including phenoxy) is 3. The van der Waals surface area contributed by atoms with Crippen LogP contribution in [0.25, 0.3) is 10.9 Å². The number of allylic oxidation sites excluding steroid dienone is 1. The van der Waals surface area contributed by atoms with E-state index in [1.54, 1.807) is 13.0 Å². The first-order valence-electron chi connectivity index (χ1n) is 7.05. The van der Waals surface area contributed by atoms with E-state index in [1.807, 2.05) is 0 Å². The molecule has 2 heterocycles. The second-order valence-corrected chi connectivity index (χ2v) is 4.87. The Morgan fingerprint density at radius 2 is 2.13 bits per heavy atom. The number of aromatic hydroxyl groups is 1. The Morgan fingerprint density at radius 3 is 2.78 bits per heavy atom. The maximum absolute atomic E-state index is 12.6. The van der Waals surface area contributed by atoms with Crippen molar-refractivity contribution in [1.29, 1.82) is 0 Å². The third kappa shape index (κ3) is 2.30. The summed E-state index contributed by atoms with van der Waals surface area (Å²) in [5, 5.41) is 10.7. The van der Waals surface area contributed by atoms with Crippen LogP contribution in [-0.4, -0.2) is 29.0 Å². The van der Waals surface area contributed by atoms with Crippen molar-refractivity contribution < 1.29 is 24.1 Å². The molecule has 1 aromatic heterocycles. The number of esters is 1. The molecule has 0 fully saturated rings. The standard InChI is InChI=1S/C16H15NO6/c1-3-5-17-10-7-12-11(22-8-23-12)6-9(10)14(18)13(15(17)19)16(20)21-4-2/h3,6-7,18H,1,4-5,8H2,2H3. The van der Waals surface area contributed by atoms with Crippen LogP contribution in [0.2, 0.25) is 0 Å². The third-order valence-electron chi connectivity index (χ3n) is 3.52. The van der Waals surface area contributed by atoms with E-state index in [2.05, 4.69) is 6.58 Å². The molecule has 0 unspecified atom stereocenters. The highest BCUT2D eigenvalue weighted by Gasteiger charge is 2.25. The lowest BCUT2D eigenvalue weighted by Gasteiger charge is -2.13. The number of aromatic nitrogens is 1. The predicted molar refractivity (Wildman–Crippen MR) is 82.1 cm³/mol. The van der Waals surface area contributed by atoms with Crippen molar-refractivity contribution in [3.63, 3.8) is 0 Å². The summed E-state index contributed by atoms with van der Waals surface area (Å²) in [7, 11) is 0. The average molecular weight is 317 g/mol. The topological polar surface area (TPSA) is 87.0 Å². The molecular weight excluding hydrogens is 302 g/mol. The van der Waals surface area contributed by atoms with Crippen molar-refractivity contribution in [1.82, 2.24) is 4.57 Å². The van der Waals surface area contributed by atoms with Crippen LogP contribution < -0.4 is 15.0 Å². The van der Waals surface area contributed by atoms with Gasteiger partial charge in [0.05, 0.1) is 12.1 Å². The van der Waals surface area contributed by atoms with Crippen molar-refractivity contribution in [3.8, 4) is 17.2 Å². The molecule has 1 aliphatic rings. The molecule has 0 saturated carbocycles. The van der Waals surface area contributed by atoms with Crippen LogP contribution in [0, 0.1) is 0 Å². The molecule has 1 N–H and O–H groups in total. The molecule has 0 atom stereocenters. The van der Waals surface area contributed by atoms with E-state index >= 15 is 0 Å². The summed E-state index contributed by atoms with van der Waals surface area (Å²) >= 11 is 0. The number of carbonyl (C=O) groups excluding carboxylic acids is 1. The van der Waals surface area contributed by atoms with E-state index in [4.69, 9.17) is 14.2 Å². The molecule has 7 heteroatoms. The van der Waals surface area contributed by atoms with Crippen molar-refractivity contribution in [2.45, 2.75) is 13.5 Å². The second-order valence-electron chi connectivity index (χ2n) is 4.87. The number of rotatable bonds is 4. The summed E-state index contributed by atoms with van der Waals surface area (Å²) < 4.78 is 16.8. The van der Waals surface area contributed by atoms with Gasteiger partial charge in [-0.05, 0) is 13.0 Å². The van der Waals surface area contributed by atoms with Gasteiger partial charge < -0.3 is 23.9 Å². The van der Waals surface area contributed by atoms with Crippen LogP contribution in [0.3, 0.4) is 0 Å². The van der Waals surface area contributed by atoms with Gasteiger partial charge in [-0.1, -0.05) is 6.08 Å². The lowest BCUT2D eigenvalue weighted by atomic mass is 10.1. The molecule has 0 spiro atoms. The van der Waals surface area contributed by atoms with Gasteiger partial charge in [0.25, 0.3) is 5.56 Å². The summed E-state index contributed by atoms with van der Waals surface area (Å²) in [6, 6.07) is 3.13. The molecular formula is C16H15NO6. The molecule has 1 aliphatic heterocycles. The molecule has 23 heavy (non-hydrogen) atoms. The quantitative estimate of drug-likeness (QED) is 0.683. The minimum absolute atomic E-state index is 0.0584. The van der Waals surface area contributed by atoms with Crippen LogP contribution >= 0.6 is 0 Å². The highest BCUT2D eigenvalue weighted by Crippen LogP contribution is 2.39. The predicted octanol–water partition coefficient (Wildman–Crippen LogP) is 1.80. The van der Waals surface area contributed by atoms with Crippen LogP contribution in [0.1, 0.15) is 17.3 Å². The van der Waals surface area contributed by atoms with Gasteiger partial charge in [-0.2, -0.15) is 0 Å². The van der Waals surface area contributed by atoms with Crippen molar-refractivity contribution in [2.24, 2.45) is 0 Å². The van der Waals surface area contributed by atoms with Crippen molar-refractivity contribution >= 4 is 16.9 Å². The van der Waals surface area contributed by atoms with Gasteiger partial charge in [0.1, 0.15) is 5.75 Å². The monoisotopic (exact) mass is 317 g/mol. The molecule has 120 valence electrons. The Balaban J connectivity index is 2.37. The average Bonchev–Trinajstić information content (AvgIpc) is 2.98. The molecule has 0 bridgehead atoms. The van der Waals surface area contributed by atoms with E-state index in [1.165, 1.54) is 16.7 Å². The minimum Gasteiger partial charge on any atom is -0.506 e. The Hall–Kier alpha value is -2.96. The first kappa shape index (κ1) is 15.0. The fourth-order valence-electron chi connectivity index (χ4n) is 2.52. The number of pyridine rings is 1. The lowest BCUT2D eigenvalue weighted by Crippen LogP contribution is -2.27. The zero-order chi connectivity index (χ0) is 16.6. The van der Waals surface area contributed by atoms with Crippen molar-refractivity contribution in [3.05, 3.63) is 40.7 Å². The summed E-state index contributed by atoms with van der Waals surface area (Å²) in [6.45, 7) is 5.56. The smallest absolute Gasteiger partial charge is 0.347 e. The van der Waals surface area contributed by atoms with E-state index < -0.39 is 22.8 Å². The zero-order valence-electron chi connectivity index (χ0n) is 12.5. The highest BCUT2D eigenvalue weighted by atomic mass is 16.7. The SMILES string of the molecule is C=CCn1c(=O)c(C(=O)OCC)c(O)c2cc3c(cc21)OCO3. The van der Waals surface area contributed by atoms with E-state index in [9.17, 15) is 14.7 Å². The van der Waals surface area contributed by atoms with Crippen LogP contribution in [0.15, 0.2) is 29.6 Å². The number of benzene rings is 1. The Bertz CT molecular complexity index is 867. The van der Waals surface area contributed by atoms with Gasteiger partial charge in [-0.15, -0.1) is 6.58 Å².